The minimum atomic E-state index is 0.647. The maximum atomic E-state index is 4.08. The molecule has 3 rings (SSSR count). The summed E-state index contributed by atoms with van der Waals surface area (Å²) in [6.45, 7) is 1.54. The minimum absolute atomic E-state index is 0.647. The number of nitrogens with zero attached hydrogens (tertiary/aromatic N) is 4. The Morgan fingerprint density at radius 1 is 1.14 bits per heavy atom. The molecule has 1 N–H and O–H groups in total. The van der Waals surface area contributed by atoms with E-state index in [-0.39, 0.29) is 0 Å². The lowest BCUT2D eigenvalue weighted by Crippen LogP contribution is -2.19. The number of rotatable bonds is 6. The molecule has 0 atom stereocenters. The molecule has 0 radical (unpaired) electrons. The maximum absolute atomic E-state index is 4.08. The molecule has 3 aromatic rings. The largest absolute Gasteiger partial charge is 0.309 e. The van der Waals surface area contributed by atoms with Gasteiger partial charge in [0.1, 0.15) is 0 Å². The molecule has 0 saturated heterocycles. The van der Waals surface area contributed by atoms with Gasteiger partial charge in [-0.15, -0.1) is 16.4 Å². The normalized spacial score (nSPS) is 10.9. The molecule has 0 aliphatic carbocycles. The first-order valence-electron chi connectivity index (χ1n) is 6.60. The molecule has 21 heavy (non-hydrogen) atoms. The van der Waals surface area contributed by atoms with Gasteiger partial charge in [-0.2, -0.15) is 4.68 Å². The van der Waals surface area contributed by atoms with Crippen LogP contribution in [0.25, 0.3) is 5.69 Å². The van der Waals surface area contributed by atoms with Crippen molar-refractivity contribution in [1.29, 1.82) is 0 Å². The molecule has 0 saturated carbocycles. The Morgan fingerprint density at radius 2 is 2.00 bits per heavy atom. The van der Waals surface area contributed by atoms with Crippen LogP contribution in [0.15, 0.2) is 46.3 Å². The number of halogens is 1. The van der Waals surface area contributed by atoms with Gasteiger partial charge in [0, 0.05) is 11.4 Å². The van der Waals surface area contributed by atoms with Crippen LogP contribution in [0.2, 0.25) is 0 Å². The number of benzene rings is 1. The van der Waals surface area contributed by atoms with Crippen molar-refractivity contribution in [2.75, 3.05) is 6.54 Å². The average molecular weight is 364 g/mol. The molecular formula is C14H14BrN5S. The van der Waals surface area contributed by atoms with E-state index in [1.165, 1.54) is 8.66 Å². The molecule has 0 unspecified atom stereocenters. The zero-order valence-corrected chi connectivity index (χ0v) is 13.6. The average Bonchev–Trinajstić information content (AvgIpc) is 3.13. The fourth-order valence-corrected chi connectivity index (χ4v) is 3.47. The van der Waals surface area contributed by atoms with Crippen LogP contribution in [0.3, 0.4) is 0 Å². The first-order chi connectivity index (χ1) is 10.3. The molecule has 2 heterocycles. The van der Waals surface area contributed by atoms with Gasteiger partial charge in [-0.3, -0.25) is 0 Å². The standard InChI is InChI=1S/C14H14BrN5S/c15-13-7-6-12(21-13)8-9-16-10-14-17-18-19-20(14)11-4-2-1-3-5-11/h1-7,16H,8-10H2. The van der Waals surface area contributed by atoms with Gasteiger partial charge in [-0.1, -0.05) is 18.2 Å². The van der Waals surface area contributed by atoms with E-state index >= 15 is 0 Å². The summed E-state index contributed by atoms with van der Waals surface area (Å²) in [5.41, 5.74) is 0.974. The van der Waals surface area contributed by atoms with Crippen molar-refractivity contribution < 1.29 is 0 Å². The predicted octanol–water partition coefficient (Wildman–Crippen LogP) is 2.82. The van der Waals surface area contributed by atoms with Crippen molar-refractivity contribution >= 4 is 27.3 Å². The third-order valence-corrected chi connectivity index (χ3v) is 4.68. The summed E-state index contributed by atoms with van der Waals surface area (Å²) in [5.74, 6) is 0.813. The highest BCUT2D eigenvalue weighted by Gasteiger charge is 2.07. The van der Waals surface area contributed by atoms with Crippen LogP contribution < -0.4 is 5.32 Å². The summed E-state index contributed by atoms with van der Waals surface area (Å²) in [7, 11) is 0. The first kappa shape index (κ1) is 14.4. The summed E-state index contributed by atoms with van der Waals surface area (Å²) in [6, 6.07) is 14.1. The third-order valence-electron chi connectivity index (χ3n) is 2.99. The van der Waals surface area contributed by atoms with Gasteiger partial charge in [-0.25, -0.2) is 0 Å². The molecule has 1 aromatic carbocycles. The van der Waals surface area contributed by atoms with Crippen LogP contribution in [0.4, 0.5) is 0 Å². The van der Waals surface area contributed by atoms with E-state index in [1.54, 1.807) is 16.0 Å². The molecule has 0 amide bonds. The van der Waals surface area contributed by atoms with Crippen LogP contribution in [0.5, 0.6) is 0 Å². The Hall–Kier alpha value is -1.57. The lowest BCUT2D eigenvalue weighted by molar-refractivity contribution is 0.642. The van der Waals surface area contributed by atoms with Gasteiger partial charge in [0.15, 0.2) is 5.82 Å². The highest BCUT2D eigenvalue weighted by molar-refractivity contribution is 9.11. The predicted molar refractivity (Wildman–Crippen MR) is 86.6 cm³/mol. The van der Waals surface area contributed by atoms with Crippen molar-refractivity contribution in [3.63, 3.8) is 0 Å². The number of hydrogen-bond donors (Lipinski definition) is 1. The summed E-state index contributed by atoms with van der Waals surface area (Å²) < 4.78 is 2.93. The molecule has 7 heteroatoms. The number of para-hydroxylation sites is 1. The van der Waals surface area contributed by atoms with Crippen molar-refractivity contribution in [1.82, 2.24) is 25.5 Å². The summed E-state index contributed by atoms with van der Waals surface area (Å²) >= 11 is 5.24. The molecule has 2 aromatic heterocycles. The van der Waals surface area contributed by atoms with E-state index in [1.807, 2.05) is 30.3 Å². The number of aromatic nitrogens is 4. The summed E-state index contributed by atoms with van der Waals surface area (Å²) in [4.78, 5) is 1.36. The topological polar surface area (TPSA) is 55.6 Å². The SMILES string of the molecule is Brc1ccc(CCNCc2nnnn2-c2ccccc2)s1. The Kier molecular flexibility index (Phi) is 4.74. The second-order valence-electron chi connectivity index (χ2n) is 4.48. The van der Waals surface area contributed by atoms with Crippen molar-refractivity contribution in [3.05, 3.63) is 57.0 Å². The van der Waals surface area contributed by atoms with Crippen LogP contribution in [0, 0.1) is 0 Å². The van der Waals surface area contributed by atoms with Crippen LogP contribution in [0.1, 0.15) is 10.7 Å². The fourth-order valence-electron chi connectivity index (χ4n) is 1.98. The monoisotopic (exact) mass is 363 g/mol. The van der Waals surface area contributed by atoms with E-state index in [0.717, 1.165) is 24.5 Å². The van der Waals surface area contributed by atoms with Gasteiger partial charge in [0.05, 0.1) is 16.0 Å². The second-order valence-corrected chi connectivity index (χ2v) is 7.02. The van der Waals surface area contributed by atoms with E-state index in [4.69, 9.17) is 0 Å². The first-order valence-corrected chi connectivity index (χ1v) is 8.21. The van der Waals surface area contributed by atoms with Crippen molar-refractivity contribution in [2.24, 2.45) is 0 Å². The fraction of sp³-hybridized carbons (Fsp3) is 0.214. The Balaban J connectivity index is 1.55. The van der Waals surface area contributed by atoms with Gasteiger partial charge >= 0.3 is 0 Å². The van der Waals surface area contributed by atoms with Gasteiger partial charge in [-0.05, 0) is 57.0 Å². The number of thiophene rings is 1. The van der Waals surface area contributed by atoms with Crippen LogP contribution >= 0.6 is 27.3 Å². The quantitative estimate of drug-likeness (QED) is 0.684. The summed E-state index contributed by atoms with van der Waals surface area (Å²) in [6.07, 6.45) is 1.00. The molecule has 108 valence electrons. The van der Waals surface area contributed by atoms with Crippen LogP contribution in [-0.2, 0) is 13.0 Å². The van der Waals surface area contributed by atoms with E-state index in [2.05, 4.69) is 48.9 Å². The van der Waals surface area contributed by atoms with E-state index < -0.39 is 0 Å². The molecule has 0 bridgehead atoms. The zero-order valence-electron chi connectivity index (χ0n) is 11.2. The van der Waals surface area contributed by atoms with E-state index in [9.17, 15) is 0 Å². The van der Waals surface area contributed by atoms with E-state index in [0.29, 0.717) is 6.54 Å². The number of hydrogen-bond acceptors (Lipinski definition) is 5. The lowest BCUT2D eigenvalue weighted by Gasteiger charge is -2.05. The smallest absolute Gasteiger partial charge is 0.170 e. The molecule has 0 aliphatic heterocycles. The maximum Gasteiger partial charge on any atom is 0.170 e. The van der Waals surface area contributed by atoms with Gasteiger partial charge < -0.3 is 5.32 Å². The highest BCUT2D eigenvalue weighted by atomic mass is 79.9. The van der Waals surface area contributed by atoms with Gasteiger partial charge in [0.2, 0.25) is 0 Å². The minimum Gasteiger partial charge on any atom is -0.309 e. The van der Waals surface area contributed by atoms with Gasteiger partial charge in [0.25, 0.3) is 0 Å². The molecular weight excluding hydrogens is 350 g/mol. The Bertz CT molecular complexity index is 694. The molecule has 0 aliphatic rings. The lowest BCUT2D eigenvalue weighted by atomic mass is 10.3. The second kappa shape index (κ2) is 6.93. The molecule has 0 spiro atoms. The van der Waals surface area contributed by atoms with Crippen molar-refractivity contribution in [3.8, 4) is 5.69 Å². The Labute approximate surface area is 135 Å². The zero-order chi connectivity index (χ0) is 14.5. The summed E-state index contributed by atoms with van der Waals surface area (Å²) in [5, 5.41) is 15.3. The molecule has 0 fully saturated rings. The highest BCUT2D eigenvalue weighted by Crippen LogP contribution is 2.22. The number of nitrogens with one attached hydrogen (secondary N) is 1. The number of tetrazole rings is 1. The van der Waals surface area contributed by atoms with Crippen LogP contribution in [-0.4, -0.2) is 26.8 Å². The Morgan fingerprint density at radius 3 is 2.76 bits per heavy atom. The van der Waals surface area contributed by atoms with Crippen molar-refractivity contribution in [2.45, 2.75) is 13.0 Å². The molecule has 5 nitrogen and oxygen atoms in total. The third kappa shape index (κ3) is 3.75.